The summed E-state index contributed by atoms with van der Waals surface area (Å²) in [6.45, 7) is 2.51. The van der Waals surface area contributed by atoms with Gasteiger partial charge in [-0.2, -0.15) is 5.26 Å². The van der Waals surface area contributed by atoms with Crippen molar-refractivity contribution in [1.82, 2.24) is 19.9 Å². The Balaban J connectivity index is 1.56. The van der Waals surface area contributed by atoms with Crippen LogP contribution in [0, 0.1) is 24.1 Å². The van der Waals surface area contributed by atoms with Crippen LogP contribution in [0.4, 0.5) is 15.8 Å². The van der Waals surface area contributed by atoms with Crippen LogP contribution in [0.5, 0.6) is 0 Å². The number of fused-ring (bicyclic) bond motifs is 3. The SMILES string of the molecule is Cc1nc2ncc(-c3ccc4ncc(C#N)c(N5CCc6cc(F)c(Cl)cc65)c4c3)cc2[nH]1. The van der Waals surface area contributed by atoms with Gasteiger partial charge in [0.15, 0.2) is 5.65 Å². The maximum Gasteiger partial charge on any atom is 0.177 e. The van der Waals surface area contributed by atoms with E-state index >= 15 is 0 Å². The van der Waals surface area contributed by atoms with Gasteiger partial charge in [0.2, 0.25) is 0 Å². The fourth-order valence-corrected chi connectivity index (χ4v) is 4.68. The number of nitrogens with one attached hydrogen (secondary N) is 1. The van der Waals surface area contributed by atoms with Gasteiger partial charge in [-0.15, -0.1) is 0 Å². The van der Waals surface area contributed by atoms with E-state index < -0.39 is 5.82 Å². The van der Waals surface area contributed by atoms with E-state index in [0.717, 1.165) is 50.3 Å². The number of nitriles is 1. The molecule has 0 aliphatic carbocycles. The molecule has 1 N–H and O–H groups in total. The van der Waals surface area contributed by atoms with E-state index in [2.05, 4.69) is 26.0 Å². The third-order valence-electron chi connectivity index (χ3n) is 6.04. The first kappa shape index (κ1) is 19.6. The second kappa shape index (κ2) is 7.26. The van der Waals surface area contributed by atoms with E-state index in [0.29, 0.717) is 24.2 Å². The second-order valence-corrected chi connectivity index (χ2v) is 8.49. The Morgan fingerprint density at radius 1 is 1.12 bits per heavy atom. The first-order valence-electron chi connectivity index (χ1n) is 10.4. The average molecular weight is 455 g/mol. The van der Waals surface area contributed by atoms with Crippen LogP contribution >= 0.6 is 11.6 Å². The van der Waals surface area contributed by atoms with E-state index in [1.165, 1.54) is 6.07 Å². The summed E-state index contributed by atoms with van der Waals surface area (Å²) >= 11 is 6.10. The van der Waals surface area contributed by atoms with Gasteiger partial charge in [-0.1, -0.05) is 17.7 Å². The first-order chi connectivity index (χ1) is 16.0. The third-order valence-corrected chi connectivity index (χ3v) is 6.33. The number of aryl methyl sites for hydroxylation is 1. The van der Waals surface area contributed by atoms with Crippen LogP contribution in [0.3, 0.4) is 0 Å². The zero-order chi connectivity index (χ0) is 22.7. The number of aromatic nitrogens is 4. The van der Waals surface area contributed by atoms with Crippen molar-refractivity contribution in [3.63, 3.8) is 0 Å². The van der Waals surface area contributed by atoms with Crippen molar-refractivity contribution in [1.29, 1.82) is 5.26 Å². The van der Waals surface area contributed by atoms with Crippen LogP contribution < -0.4 is 4.90 Å². The summed E-state index contributed by atoms with van der Waals surface area (Å²) in [5, 5.41) is 10.8. The van der Waals surface area contributed by atoms with Crippen molar-refractivity contribution in [3.8, 4) is 17.2 Å². The highest BCUT2D eigenvalue weighted by Crippen LogP contribution is 2.42. The maximum atomic E-state index is 14.0. The topological polar surface area (TPSA) is 81.5 Å². The van der Waals surface area contributed by atoms with Gasteiger partial charge in [0, 0.05) is 35.6 Å². The zero-order valence-electron chi connectivity index (χ0n) is 17.5. The predicted octanol–water partition coefficient (Wildman–Crippen LogP) is 5.84. The summed E-state index contributed by atoms with van der Waals surface area (Å²) in [6, 6.07) is 13.3. The Kier molecular flexibility index (Phi) is 4.32. The van der Waals surface area contributed by atoms with Crippen molar-refractivity contribution in [2.45, 2.75) is 13.3 Å². The number of rotatable bonds is 2. The van der Waals surface area contributed by atoms with E-state index in [-0.39, 0.29) is 5.02 Å². The lowest BCUT2D eigenvalue weighted by atomic mass is 10.0. The molecule has 33 heavy (non-hydrogen) atoms. The van der Waals surface area contributed by atoms with Gasteiger partial charge in [-0.25, -0.2) is 14.4 Å². The minimum absolute atomic E-state index is 0.0624. The van der Waals surface area contributed by atoms with E-state index in [9.17, 15) is 9.65 Å². The molecule has 0 atom stereocenters. The quantitative estimate of drug-likeness (QED) is 0.362. The summed E-state index contributed by atoms with van der Waals surface area (Å²) in [6.07, 6.45) is 4.04. The lowest BCUT2D eigenvalue weighted by Crippen LogP contribution is -2.15. The van der Waals surface area contributed by atoms with E-state index in [1.807, 2.05) is 36.1 Å². The number of imidazole rings is 1. The van der Waals surface area contributed by atoms with Crippen molar-refractivity contribution in [2.24, 2.45) is 0 Å². The molecule has 2 aromatic carbocycles. The Labute approximate surface area is 193 Å². The highest BCUT2D eigenvalue weighted by Gasteiger charge is 2.26. The molecule has 8 heteroatoms. The Bertz CT molecular complexity index is 1630. The molecule has 6 nitrogen and oxygen atoms in total. The summed E-state index contributed by atoms with van der Waals surface area (Å²) in [4.78, 5) is 18.6. The number of hydrogen-bond donors (Lipinski definition) is 1. The number of halogens is 2. The summed E-state index contributed by atoms with van der Waals surface area (Å²) < 4.78 is 14.0. The molecule has 0 saturated heterocycles. The summed E-state index contributed by atoms with van der Waals surface area (Å²) in [5.74, 6) is 0.373. The van der Waals surface area contributed by atoms with Gasteiger partial charge in [0.05, 0.1) is 27.3 Å². The Hall–Kier alpha value is -4.02. The predicted molar refractivity (Wildman–Crippen MR) is 126 cm³/mol. The molecule has 1 aliphatic heterocycles. The number of nitrogens with zero attached hydrogens (tertiary/aromatic N) is 5. The fourth-order valence-electron chi connectivity index (χ4n) is 4.52. The first-order valence-corrected chi connectivity index (χ1v) is 10.8. The molecule has 1 aliphatic rings. The average Bonchev–Trinajstić information content (AvgIpc) is 3.39. The number of pyridine rings is 2. The lowest BCUT2D eigenvalue weighted by Gasteiger charge is -2.23. The van der Waals surface area contributed by atoms with Crippen molar-refractivity contribution in [2.75, 3.05) is 11.4 Å². The molecular weight excluding hydrogens is 439 g/mol. The molecule has 3 aromatic heterocycles. The highest BCUT2D eigenvalue weighted by molar-refractivity contribution is 6.31. The minimum atomic E-state index is -0.434. The molecule has 0 amide bonds. The monoisotopic (exact) mass is 454 g/mol. The van der Waals surface area contributed by atoms with E-state index in [4.69, 9.17) is 11.6 Å². The fraction of sp³-hybridized carbons (Fsp3) is 0.120. The van der Waals surface area contributed by atoms with Crippen molar-refractivity contribution < 1.29 is 4.39 Å². The largest absolute Gasteiger partial charge is 0.341 e. The zero-order valence-corrected chi connectivity index (χ0v) is 18.3. The number of hydrogen-bond acceptors (Lipinski definition) is 5. The van der Waals surface area contributed by atoms with Crippen LogP contribution in [0.2, 0.25) is 5.02 Å². The van der Waals surface area contributed by atoms with Gasteiger partial charge in [-0.3, -0.25) is 4.98 Å². The number of anilines is 2. The molecule has 0 radical (unpaired) electrons. The van der Waals surface area contributed by atoms with Crippen LogP contribution in [0.15, 0.2) is 48.8 Å². The van der Waals surface area contributed by atoms with Crippen LogP contribution in [0.1, 0.15) is 17.0 Å². The van der Waals surface area contributed by atoms with Crippen molar-refractivity contribution >= 4 is 45.0 Å². The van der Waals surface area contributed by atoms with Crippen LogP contribution in [-0.4, -0.2) is 26.5 Å². The third kappa shape index (κ3) is 3.11. The van der Waals surface area contributed by atoms with Gasteiger partial charge in [0.25, 0.3) is 0 Å². The smallest absolute Gasteiger partial charge is 0.177 e. The van der Waals surface area contributed by atoms with Gasteiger partial charge < -0.3 is 9.88 Å². The minimum Gasteiger partial charge on any atom is -0.341 e. The summed E-state index contributed by atoms with van der Waals surface area (Å²) in [7, 11) is 0. The van der Waals surface area contributed by atoms with Gasteiger partial charge >= 0.3 is 0 Å². The maximum absolute atomic E-state index is 14.0. The molecule has 160 valence electrons. The molecule has 0 unspecified atom stereocenters. The number of benzene rings is 2. The Morgan fingerprint density at radius 2 is 2.00 bits per heavy atom. The second-order valence-electron chi connectivity index (χ2n) is 8.08. The van der Waals surface area contributed by atoms with Gasteiger partial charge in [0.1, 0.15) is 17.7 Å². The molecule has 5 aromatic rings. The molecule has 0 fully saturated rings. The summed E-state index contributed by atoms with van der Waals surface area (Å²) in [5.41, 5.74) is 7.04. The highest BCUT2D eigenvalue weighted by atomic mass is 35.5. The number of H-pyrrole nitrogens is 1. The molecule has 0 bridgehead atoms. The Morgan fingerprint density at radius 3 is 2.85 bits per heavy atom. The molecule has 0 spiro atoms. The molecule has 0 saturated carbocycles. The standard InChI is InChI=1S/C25H16ClFN6/c1-13-31-22-8-16(11-30-25(22)32-13)14-2-3-21-18(6-14)24(17(10-28)12-29-21)33-5-4-15-7-20(27)19(26)9-23(15)33/h2-3,6-9,11-12H,4-5H2,1H3,(H,30,31,32). The van der Waals surface area contributed by atoms with Gasteiger partial charge in [-0.05, 0) is 54.8 Å². The van der Waals surface area contributed by atoms with E-state index in [1.54, 1.807) is 18.5 Å². The number of aromatic amines is 1. The molecule has 6 rings (SSSR count). The van der Waals surface area contributed by atoms with Crippen LogP contribution in [-0.2, 0) is 6.42 Å². The van der Waals surface area contributed by atoms with Crippen LogP contribution in [0.25, 0.3) is 33.2 Å². The lowest BCUT2D eigenvalue weighted by molar-refractivity contribution is 0.627. The van der Waals surface area contributed by atoms with Crippen molar-refractivity contribution in [3.05, 3.63) is 76.6 Å². The normalized spacial score (nSPS) is 13.0. The molecular formula is C25H16ClFN6. The molecule has 4 heterocycles.